The van der Waals surface area contributed by atoms with E-state index in [4.69, 9.17) is 21.1 Å². The van der Waals surface area contributed by atoms with Crippen LogP contribution in [0.3, 0.4) is 0 Å². The van der Waals surface area contributed by atoms with E-state index >= 15 is 0 Å². The molecule has 1 N–H and O–H groups in total. The predicted octanol–water partition coefficient (Wildman–Crippen LogP) is 2.81. The van der Waals surface area contributed by atoms with Gasteiger partial charge in [0.2, 0.25) is 0 Å². The van der Waals surface area contributed by atoms with Crippen LogP contribution in [0.25, 0.3) is 0 Å². The van der Waals surface area contributed by atoms with E-state index in [9.17, 15) is 5.11 Å². The number of ether oxygens (including phenoxy) is 2. The smallest absolute Gasteiger partial charge is 0.137 e. The molecule has 0 aliphatic rings. The number of hydrogen-bond donors (Lipinski definition) is 1. The number of rotatable bonds is 5. The minimum absolute atomic E-state index is 0.217. The standard InChI is InChI=1S/C12H17ClO3/c1-4-10(15-2)12(14)8-5-6-9(13)11(7-8)16-3/h5-7,10,12,14H,4H2,1-3H3. The van der Waals surface area contributed by atoms with Crippen LogP contribution in [-0.2, 0) is 4.74 Å². The van der Waals surface area contributed by atoms with E-state index < -0.39 is 6.10 Å². The molecule has 1 aromatic rings. The Bertz CT molecular complexity index is 337. The van der Waals surface area contributed by atoms with Crippen LogP contribution in [0, 0.1) is 0 Å². The summed E-state index contributed by atoms with van der Waals surface area (Å²) in [6.45, 7) is 1.96. The Balaban J connectivity index is 2.95. The molecule has 0 bridgehead atoms. The van der Waals surface area contributed by atoms with Crippen molar-refractivity contribution in [2.24, 2.45) is 0 Å². The summed E-state index contributed by atoms with van der Waals surface area (Å²) in [5.74, 6) is 0.559. The van der Waals surface area contributed by atoms with Crippen molar-refractivity contribution in [3.05, 3.63) is 28.8 Å². The second-order valence-electron chi connectivity index (χ2n) is 3.52. The summed E-state index contributed by atoms with van der Waals surface area (Å²) in [5, 5.41) is 10.6. The summed E-state index contributed by atoms with van der Waals surface area (Å²) in [7, 11) is 3.13. The molecule has 0 aromatic heterocycles. The summed E-state index contributed by atoms with van der Waals surface area (Å²) in [6, 6.07) is 5.22. The monoisotopic (exact) mass is 244 g/mol. The van der Waals surface area contributed by atoms with Crippen molar-refractivity contribution in [1.29, 1.82) is 0 Å². The van der Waals surface area contributed by atoms with E-state index in [1.165, 1.54) is 0 Å². The number of methoxy groups -OCH3 is 2. The van der Waals surface area contributed by atoms with Crippen LogP contribution in [0.15, 0.2) is 18.2 Å². The molecule has 0 aliphatic heterocycles. The van der Waals surface area contributed by atoms with Crippen molar-refractivity contribution in [2.45, 2.75) is 25.6 Å². The van der Waals surface area contributed by atoms with Crippen LogP contribution < -0.4 is 4.74 Å². The average Bonchev–Trinajstić information content (AvgIpc) is 2.31. The molecule has 0 saturated heterocycles. The molecular weight excluding hydrogens is 228 g/mol. The fourth-order valence-corrected chi connectivity index (χ4v) is 1.79. The maximum atomic E-state index is 10.1. The Hall–Kier alpha value is -0.770. The van der Waals surface area contributed by atoms with Crippen molar-refractivity contribution in [3.63, 3.8) is 0 Å². The molecule has 0 amide bonds. The summed E-state index contributed by atoms with van der Waals surface area (Å²) < 4.78 is 10.3. The molecule has 0 heterocycles. The normalized spacial score (nSPS) is 14.6. The largest absolute Gasteiger partial charge is 0.495 e. The lowest BCUT2D eigenvalue weighted by atomic mass is 10.0. The fraction of sp³-hybridized carbons (Fsp3) is 0.500. The Morgan fingerprint density at radius 2 is 2.06 bits per heavy atom. The highest BCUT2D eigenvalue weighted by molar-refractivity contribution is 6.32. The van der Waals surface area contributed by atoms with Crippen molar-refractivity contribution < 1.29 is 14.6 Å². The van der Waals surface area contributed by atoms with Gasteiger partial charge in [-0.2, -0.15) is 0 Å². The topological polar surface area (TPSA) is 38.7 Å². The molecule has 90 valence electrons. The first-order valence-corrected chi connectivity index (χ1v) is 5.56. The second-order valence-corrected chi connectivity index (χ2v) is 3.93. The molecule has 0 aliphatic carbocycles. The molecule has 0 spiro atoms. The van der Waals surface area contributed by atoms with Gasteiger partial charge in [0.1, 0.15) is 11.9 Å². The van der Waals surface area contributed by atoms with Gasteiger partial charge in [-0.25, -0.2) is 0 Å². The molecule has 16 heavy (non-hydrogen) atoms. The summed E-state index contributed by atoms with van der Waals surface area (Å²) in [4.78, 5) is 0. The van der Waals surface area contributed by atoms with Gasteiger partial charge in [0.25, 0.3) is 0 Å². The van der Waals surface area contributed by atoms with E-state index in [2.05, 4.69) is 0 Å². The lowest BCUT2D eigenvalue weighted by Gasteiger charge is -2.21. The van der Waals surface area contributed by atoms with Gasteiger partial charge in [0.15, 0.2) is 0 Å². The van der Waals surface area contributed by atoms with Gasteiger partial charge in [-0.15, -0.1) is 0 Å². The molecule has 1 aromatic carbocycles. The number of aliphatic hydroxyl groups excluding tert-OH is 1. The molecule has 0 fully saturated rings. The van der Waals surface area contributed by atoms with E-state index in [0.29, 0.717) is 10.8 Å². The van der Waals surface area contributed by atoms with Gasteiger partial charge in [-0.3, -0.25) is 0 Å². The van der Waals surface area contributed by atoms with Crippen molar-refractivity contribution in [2.75, 3.05) is 14.2 Å². The van der Waals surface area contributed by atoms with Gasteiger partial charge in [0.05, 0.1) is 18.2 Å². The zero-order valence-corrected chi connectivity index (χ0v) is 10.5. The molecule has 3 nitrogen and oxygen atoms in total. The molecule has 0 saturated carbocycles. The third-order valence-electron chi connectivity index (χ3n) is 2.57. The summed E-state index contributed by atoms with van der Waals surface area (Å²) in [5.41, 5.74) is 0.745. The lowest BCUT2D eigenvalue weighted by molar-refractivity contribution is -0.0149. The van der Waals surface area contributed by atoms with Crippen molar-refractivity contribution in [1.82, 2.24) is 0 Å². The van der Waals surface area contributed by atoms with Crippen LogP contribution in [0.4, 0.5) is 0 Å². The van der Waals surface area contributed by atoms with Crippen LogP contribution >= 0.6 is 11.6 Å². The summed E-state index contributed by atoms with van der Waals surface area (Å²) in [6.07, 6.45) is -0.144. The van der Waals surface area contributed by atoms with Crippen molar-refractivity contribution >= 4 is 11.6 Å². The number of hydrogen-bond acceptors (Lipinski definition) is 3. The Morgan fingerprint density at radius 1 is 1.38 bits per heavy atom. The Morgan fingerprint density at radius 3 is 2.56 bits per heavy atom. The van der Waals surface area contributed by atoms with Crippen LogP contribution in [0.5, 0.6) is 5.75 Å². The number of benzene rings is 1. The highest BCUT2D eigenvalue weighted by Gasteiger charge is 2.19. The highest BCUT2D eigenvalue weighted by atomic mass is 35.5. The zero-order valence-electron chi connectivity index (χ0n) is 9.74. The van der Waals surface area contributed by atoms with E-state index in [-0.39, 0.29) is 6.10 Å². The first-order chi connectivity index (χ1) is 7.63. The van der Waals surface area contributed by atoms with E-state index in [1.54, 1.807) is 32.4 Å². The first kappa shape index (κ1) is 13.3. The highest BCUT2D eigenvalue weighted by Crippen LogP contribution is 2.30. The van der Waals surface area contributed by atoms with Gasteiger partial charge in [0, 0.05) is 7.11 Å². The summed E-state index contributed by atoms with van der Waals surface area (Å²) >= 11 is 5.91. The van der Waals surface area contributed by atoms with E-state index in [1.807, 2.05) is 6.92 Å². The van der Waals surface area contributed by atoms with E-state index in [0.717, 1.165) is 12.0 Å². The third-order valence-corrected chi connectivity index (χ3v) is 2.89. The second kappa shape index (κ2) is 6.09. The first-order valence-electron chi connectivity index (χ1n) is 5.18. The third kappa shape index (κ3) is 2.88. The zero-order chi connectivity index (χ0) is 12.1. The van der Waals surface area contributed by atoms with Gasteiger partial charge < -0.3 is 14.6 Å². The minimum Gasteiger partial charge on any atom is -0.495 e. The van der Waals surface area contributed by atoms with Gasteiger partial charge >= 0.3 is 0 Å². The molecule has 1 rings (SSSR count). The number of aliphatic hydroxyl groups is 1. The maximum absolute atomic E-state index is 10.1. The SMILES string of the molecule is CCC(OC)C(O)c1ccc(Cl)c(OC)c1. The lowest BCUT2D eigenvalue weighted by Crippen LogP contribution is -2.19. The molecule has 2 unspecified atom stereocenters. The van der Waals surface area contributed by atoms with Crippen LogP contribution in [0.2, 0.25) is 5.02 Å². The molecule has 4 heteroatoms. The number of halogens is 1. The quantitative estimate of drug-likeness (QED) is 0.866. The van der Waals surface area contributed by atoms with Crippen LogP contribution in [0.1, 0.15) is 25.0 Å². The predicted molar refractivity (Wildman–Crippen MR) is 64.1 cm³/mol. The van der Waals surface area contributed by atoms with Crippen LogP contribution in [-0.4, -0.2) is 25.4 Å². The molecular formula is C12H17ClO3. The fourth-order valence-electron chi connectivity index (χ4n) is 1.59. The minimum atomic E-state index is -0.666. The van der Waals surface area contributed by atoms with Gasteiger partial charge in [-0.05, 0) is 24.1 Å². The molecule has 0 radical (unpaired) electrons. The maximum Gasteiger partial charge on any atom is 0.137 e. The van der Waals surface area contributed by atoms with Crippen molar-refractivity contribution in [3.8, 4) is 5.75 Å². The van der Waals surface area contributed by atoms with Gasteiger partial charge in [-0.1, -0.05) is 24.6 Å². The average molecular weight is 245 g/mol. The Kier molecular flexibility index (Phi) is 5.06. The Labute approximate surface area is 101 Å². The molecule has 2 atom stereocenters.